The van der Waals surface area contributed by atoms with E-state index >= 15 is 0 Å². The number of carbonyl (C=O) groups excluding carboxylic acids is 1. The number of rotatable bonds is 5. The number of fused-ring (bicyclic) bond motifs is 2. The van der Waals surface area contributed by atoms with Crippen LogP contribution >= 0.6 is 0 Å². The van der Waals surface area contributed by atoms with Gasteiger partial charge in [0.25, 0.3) is 11.5 Å². The zero-order valence-electron chi connectivity index (χ0n) is 15.8. The second-order valence-electron chi connectivity index (χ2n) is 7.09. The van der Waals surface area contributed by atoms with Crippen LogP contribution < -0.4 is 16.4 Å². The van der Waals surface area contributed by atoms with Crippen LogP contribution in [0.3, 0.4) is 0 Å². The number of hydrogen-bond acceptors (Lipinski definition) is 5. The highest BCUT2D eigenvalue weighted by atomic mass is 16.5. The normalized spacial score (nSPS) is 14.8. The van der Waals surface area contributed by atoms with Crippen molar-refractivity contribution in [3.63, 3.8) is 0 Å². The maximum Gasteiger partial charge on any atom is 0.267 e. The molecule has 0 radical (unpaired) electrons. The Labute approximate surface area is 161 Å². The van der Waals surface area contributed by atoms with E-state index < -0.39 is 0 Å². The highest BCUT2D eigenvalue weighted by Gasteiger charge is 2.21. The lowest BCUT2D eigenvalue weighted by Crippen LogP contribution is -2.39. The second-order valence-corrected chi connectivity index (χ2v) is 7.09. The van der Waals surface area contributed by atoms with Gasteiger partial charge in [0.15, 0.2) is 0 Å². The lowest BCUT2D eigenvalue weighted by atomic mass is 10.1. The molecule has 2 N–H and O–H groups in total. The van der Waals surface area contributed by atoms with Crippen LogP contribution in [0.2, 0.25) is 0 Å². The van der Waals surface area contributed by atoms with E-state index in [1.807, 2.05) is 0 Å². The summed E-state index contributed by atoms with van der Waals surface area (Å²) in [6.45, 7) is 0.668. The van der Waals surface area contributed by atoms with E-state index in [9.17, 15) is 9.59 Å². The van der Waals surface area contributed by atoms with E-state index in [-0.39, 0.29) is 28.6 Å². The van der Waals surface area contributed by atoms with Crippen molar-refractivity contribution in [1.29, 1.82) is 5.41 Å². The maximum absolute atomic E-state index is 13.0. The minimum absolute atomic E-state index is 0.0345. The number of nitrogens with zero attached hydrogens (tertiary/aromatic N) is 3. The Kier molecular flexibility index (Phi) is 4.95. The molecule has 146 valence electrons. The van der Waals surface area contributed by atoms with Gasteiger partial charge in [0.1, 0.15) is 16.8 Å². The van der Waals surface area contributed by atoms with Crippen molar-refractivity contribution in [3.05, 3.63) is 51.9 Å². The smallest absolute Gasteiger partial charge is 0.267 e. The van der Waals surface area contributed by atoms with E-state index in [1.165, 1.54) is 10.5 Å². The van der Waals surface area contributed by atoms with Crippen molar-refractivity contribution < 1.29 is 9.53 Å². The number of nitrogens with one attached hydrogen (secondary N) is 2. The summed E-state index contributed by atoms with van der Waals surface area (Å²) in [6, 6.07) is 6.93. The van der Waals surface area contributed by atoms with E-state index in [2.05, 4.69) is 10.3 Å². The van der Waals surface area contributed by atoms with Crippen molar-refractivity contribution in [3.8, 4) is 0 Å². The fourth-order valence-electron chi connectivity index (χ4n) is 3.79. The number of carbonyl (C=O) groups is 1. The molecular weight excluding hydrogens is 358 g/mol. The van der Waals surface area contributed by atoms with Gasteiger partial charge >= 0.3 is 0 Å². The first-order valence-corrected chi connectivity index (χ1v) is 9.49. The van der Waals surface area contributed by atoms with Crippen LogP contribution in [0.5, 0.6) is 0 Å². The predicted octanol–water partition coefficient (Wildman–Crippen LogP) is 1.45. The van der Waals surface area contributed by atoms with Crippen LogP contribution in [0.4, 0.5) is 0 Å². The molecule has 0 aliphatic heterocycles. The average molecular weight is 381 g/mol. The van der Waals surface area contributed by atoms with Crippen LogP contribution in [-0.4, -0.2) is 39.6 Å². The number of hydrogen-bond donors (Lipinski definition) is 2. The average Bonchev–Trinajstić information content (AvgIpc) is 3.20. The number of pyridine rings is 2. The van der Waals surface area contributed by atoms with Crippen LogP contribution in [0.1, 0.15) is 36.0 Å². The molecule has 0 atom stereocenters. The monoisotopic (exact) mass is 381 g/mol. The third-order valence-corrected chi connectivity index (χ3v) is 5.27. The van der Waals surface area contributed by atoms with Gasteiger partial charge in [-0.25, -0.2) is 4.98 Å². The van der Waals surface area contributed by atoms with Gasteiger partial charge in [-0.15, -0.1) is 0 Å². The first kappa shape index (κ1) is 18.4. The van der Waals surface area contributed by atoms with Gasteiger partial charge in [-0.3, -0.25) is 19.4 Å². The number of methoxy groups -OCH3 is 1. The summed E-state index contributed by atoms with van der Waals surface area (Å²) in [7, 11) is 1.57. The Hall–Kier alpha value is -3.00. The molecule has 0 unspecified atom stereocenters. The minimum atomic E-state index is -0.317. The Bertz CT molecular complexity index is 1160. The van der Waals surface area contributed by atoms with Crippen molar-refractivity contribution in [2.45, 2.75) is 38.3 Å². The summed E-state index contributed by atoms with van der Waals surface area (Å²) in [4.78, 5) is 30.5. The van der Waals surface area contributed by atoms with Crippen molar-refractivity contribution >= 4 is 22.6 Å². The highest BCUT2D eigenvalue weighted by Crippen LogP contribution is 2.18. The summed E-state index contributed by atoms with van der Waals surface area (Å²) < 4.78 is 8.19. The Morgan fingerprint density at radius 2 is 2.14 bits per heavy atom. The Morgan fingerprint density at radius 1 is 1.36 bits per heavy atom. The first-order chi connectivity index (χ1) is 13.6. The van der Waals surface area contributed by atoms with Gasteiger partial charge < -0.3 is 14.6 Å². The fraction of sp³-hybridized carbons (Fsp3) is 0.400. The third-order valence-electron chi connectivity index (χ3n) is 5.27. The molecule has 0 aromatic carbocycles. The summed E-state index contributed by atoms with van der Waals surface area (Å²) in [6.07, 6.45) is 5.75. The van der Waals surface area contributed by atoms with Gasteiger partial charge in [-0.2, -0.15) is 0 Å². The molecule has 0 saturated heterocycles. The molecule has 8 nitrogen and oxygen atoms in total. The molecule has 3 heterocycles. The number of aromatic nitrogens is 3. The second kappa shape index (κ2) is 7.55. The summed E-state index contributed by atoms with van der Waals surface area (Å²) in [5.41, 5.74) is 0.837. The highest BCUT2D eigenvalue weighted by molar-refractivity contribution is 5.97. The zero-order valence-corrected chi connectivity index (χ0v) is 15.8. The first-order valence-electron chi connectivity index (χ1n) is 9.49. The van der Waals surface area contributed by atoms with E-state index in [0.29, 0.717) is 29.8 Å². The van der Waals surface area contributed by atoms with Crippen molar-refractivity contribution in [2.75, 3.05) is 13.7 Å². The molecule has 4 rings (SSSR count). The molecule has 3 aromatic heterocycles. The fourth-order valence-corrected chi connectivity index (χ4v) is 3.79. The van der Waals surface area contributed by atoms with Crippen LogP contribution in [0.25, 0.3) is 16.7 Å². The molecule has 0 spiro atoms. The maximum atomic E-state index is 13.0. The predicted molar refractivity (Wildman–Crippen MR) is 104 cm³/mol. The largest absolute Gasteiger partial charge is 0.383 e. The van der Waals surface area contributed by atoms with Gasteiger partial charge in [0.05, 0.1) is 17.6 Å². The molecule has 28 heavy (non-hydrogen) atoms. The van der Waals surface area contributed by atoms with E-state index in [4.69, 9.17) is 10.1 Å². The van der Waals surface area contributed by atoms with Crippen molar-refractivity contribution in [1.82, 2.24) is 19.3 Å². The van der Waals surface area contributed by atoms with Crippen LogP contribution in [0.15, 0.2) is 35.3 Å². The minimum Gasteiger partial charge on any atom is -0.383 e. The molecule has 1 saturated carbocycles. The van der Waals surface area contributed by atoms with Crippen LogP contribution in [-0.2, 0) is 11.3 Å². The summed E-state index contributed by atoms with van der Waals surface area (Å²) >= 11 is 0. The summed E-state index contributed by atoms with van der Waals surface area (Å²) in [5, 5.41) is 11.9. The quantitative estimate of drug-likeness (QED) is 0.653. The van der Waals surface area contributed by atoms with E-state index in [0.717, 1.165) is 25.7 Å². The number of ether oxygens (including phenoxy) is 1. The molecule has 8 heteroatoms. The molecule has 1 fully saturated rings. The SMILES string of the molecule is COCCn1c(=N)c(C(=O)NC2CCCC2)cc2c(=O)n3ccccc3nc21. The van der Waals surface area contributed by atoms with Gasteiger partial charge in [0, 0.05) is 25.9 Å². The summed E-state index contributed by atoms with van der Waals surface area (Å²) in [5.74, 6) is -0.317. The lowest BCUT2D eigenvalue weighted by Gasteiger charge is -2.16. The van der Waals surface area contributed by atoms with Crippen molar-refractivity contribution in [2.24, 2.45) is 0 Å². The molecule has 1 aliphatic carbocycles. The molecular formula is C20H23N5O3. The molecule has 1 amide bonds. The Balaban J connectivity index is 1.92. The van der Waals surface area contributed by atoms with Gasteiger partial charge in [0.2, 0.25) is 0 Å². The molecule has 1 aliphatic rings. The van der Waals surface area contributed by atoms with Gasteiger partial charge in [-0.05, 0) is 31.0 Å². The zero-order chi connectivity index (χ0) is 19.7. The van der Waals surface area contributed by atoms with Gasteiger partial charge in [-0.1, -0.05) is 18.9 Å². The standard InChI is InChI=1S/C20H23N5O3/c1-28-11-10-25-17(21)14(19(26)22-13-6-2-3-7-13)12-15-18(25)23-16-8-4-5-9-24(16)20(15)27/h4-5,8-9,12-13,21H,2-3,6-7,10-11H2,1H3,(H,22,26). The third kappa shape index (κ3) is 3.20. The molecule has 3 aromatic rings. The van der Waals surface area contributed by atoms with Crippen LogP contribution in [0, 0.1) is 5.41 Å². The number of amides is 1. The Morgan fingerprint density at radius 3 is 2.89 bits per heavy atom. The topological polar surface area (TPSA) is 101 Å². The lowest BCUT2D eigenvalue weighted by molar-refractivity contribution is 0.0935. The van der Waals surface area contributed by atoms with E-state index in [1.54, 1.807) is 36.1 Å². The molecule has 0 bridgehead atoms.